The number of hydrogen-bond acceptors (Lipinski definition) is 5. The van der Waals surface area contributed by atoms with E-state index >= 15 is 0 Å². The van der Waals surface area contributed by atoms with Gasteiger partial charge in [0.25, 0.3) is 0 Å². The fourth-order valence-corrected chi connectivity index (χ4v) is 4.53. The molecule has 2 aromatic rings. The normalized spacial score (nSPS) is 25.8. The van der Waals surface area contributed by atoms with Crippen LogP contribution in [0.4, 0.5) is 0 Å². The standard InChI is InChI=1S/C21H29N3O3/c1-15-12-16(2)17(18(13-15)24-8-3-7-22-24)14-23-9-5-21(6-10-23)20(26)19(25)4-11-27-21/h3,7-8,12-13,19-20,25-26H,4-6,9-11,14H2,1-2H3/t19-,20-/m0/s1. The fourth-order valence-electron chi connectivity index (χ4n) is 4.53. The topological polar surface area (TPSA) is 70.8 Å². The Labute approximate surface area is 160 Å². The van der Waals surface area contributed by atoms with E-state index in [1.54, 1.807) is 6.20 Å². The van der Waals surface area contributed by atoms with Crippen LogP contribution in [0.25, 0.3) is 5.69 Å². The molecule has 2 atom stereocenters. The summed E-state index contributed by atoms with van der Waals surface area (Å²) in [5, 5.41) is 24.9. The van der Waals surface area contributed by atoms with Gasteiger partial charge in [0.15, 0.2) is 0 Å². The number of rotatable bonds is 3. The predicted molar refractivity (Wildman–Crippen MR) is 103 cm³/mol. The van der Waals surface area contributed by atoms with Crippen LogP contribution >= 0.6 is 0 Å². The molecular formula is C21H29N3O3. The zero-order chi connectivity index (χ0) is 19.0. The Morgan fingerprint density at radius 3 is 2.70 bits per heavy atom. The lowest BCUT2D eigenvalue weighted by atomic mass is 9.80. The number of nitrogens with zero attached hydrogens (tertiary/aromatic N) is 3. The molecule has 0 unspecified atom stereocenters. The van der Waals surface area contributed by atoms with Crippen molar-refractivity contribution in [2.45, 2.75) is 57.5 Å². The summed E-state index contributed by atoms with van der Waals surface area (Å²) in [5.41, 5.74) is 4.33. The first kappa shape index (κ1) is 18.6. The van der Waals surface area contributed by atoms with Crippen LogP contribution < -0.4 is 0 Å². The average molecular weight is 371 g/mol. The summed E-state index contributed by atoms with van der Waals surface area (Å²) in [5.74, 6) is 0. The molecule has 2 aliphatic rings. The van der Waals surface area contributed by atoms with Crippen molar-refractivity contribution in [2.75, 3.05) is 19.7 Å². The molecule has 0 radical (unpaired) electrons. The van der Waals surface area contributed by atoms with E-state index in [0.29, 0.717) is 13.0 Å². The van der Waals surface area contributed by atoms with Crippen LogP contribution in [0, 0.1) is 13.8 Å². The summed E-state index contributed by atoms with van der Waals surface area (Å²) in [6.07, 6.45) is 4.34. The lowest BCUT2D eigenvalue weighted by molar-refractivity contribution is -0.214. The van der Waals surface area contributed by atoms with Gasteiger partial charge < -0.3 is 14.9 Å². The zero-order valence-electron chi connectivity index (χ0n) is 16.1. The Kier molecular flexibility index (Phi) is 5.07. The van der Waals surface area contributed by atoms with Gasteiger partial charge in [-0.3, -0.25) is 4.90 Å². The second kappa shape index (κ2) is 7.36. The maximum absolute atomic E-state index is 10.5. The van der Waals surface area contributed by atoms with Gasteiger partial charge in [0, 0.05) is 32.0 Å². The molecule has 4 rings (SSSR count). The first-order valence-corrected chi connectivity index (χ1v) is 9.81. The molecule has 1 aromatic heterocycles. The van der Waals surface area contributed by atoms with Crippen molar-refractivity contribution in [1.29, 1.82) is 0 Å². The van der Waals surface area contributed by atoms with Gasteiger partial charge in [0.2, 0.25) is 0 Å². The number of aryl methyl sites for hydroxylation is 2. The molecule has 1 spiro atoms. The van der Waals surface area contributed by atoms with E-state index in [0.717, 1.165) is 38.2 Å². The number of aromatic nitrogens is 2. The van der Waals surface area contributed by atoms with Crippen LogP contribution in [0.15, 0.2) is 30.6 Å². The smallest absolute Gasteiger partial charge is 0.109 e. The quantitative estimate of drug-likeness (QED) is 0.863. The molecule has 2 saturated heterocycles. The summed E-state index contributed by atoms with van der Waals surface area (Å²) in [6.45, 7) is 7.33. The molecule has 3 heterocycles. The number of likely N-dealkylation sites (tertiary alicyclic amines) is 1. The second-order valence-electron chi connectivity index (χ2n) is 8.02. The van der Waals surface area contributed by atoms with E-state index < -0.39 is 17.8 Å². The van der Waals surface area contributed by atoms with Crippen LogP contribution in [0.5, 0.6) is 0 Å². The van der Waals surface area contributed by atoms with Gasteiger partial charge in [0.05, 0.1) is 24.0 Å². The molecule has 2 N–H and O–H groups in total. The van der Waals surface area contributed by atoms with Gasteiger partial charge in [-0.1, -0.05) is 6.07 Å². The van der Waals surface area contributed by atoms with E-state index in [-0.39, 0.29) is 0 Å². The van der Waals surface area contributed by atoms with Gasteiger partial charge in [-0.05, 0) is 61.9 Å². The SMILES string of the molecule is Cc1cc(C)c(CN2CCC3(CC2)OCC[C@H](O)[C@@H]3O)c(-n2cccn2)c1. The van der Waals surface area contributed by atoms with Gasteiger partial charge in [0.1, 0.15) is 6.10 Å². The average Bonchev–Trinajstić information content (AvgIpc) is 3.18. The highest BCUT2D eigenvalue weighted by Crippen LogP contribution is 2.36. The molecule has 0 saturated carbocycles. The van der Waals surface area contributed by atoms with Gasteiger partial charge >= 0.3 is 0 Å². The van der Waals surface area contributed by atoms with Crippen molar-refractivity contribution in [2.24, 2.45) is 0 Å². The molecule has 0 amide bonds. The Morgan fingerprint density at radius 1 is 1.22 bits per heavy atom. The highest BCUT2D eigenvalue weighted by Gasteiger charge is 2.47. The summed E-state index contributed by atoms with van der Waals surface area (Å²) in [7, 11) is 0. The van der Waals surface area contributed by atoms with Crippen molar-refractivity contribution in [1.82, 2.24) is 14.7 Å². The van der Waals surface area contributed by atoms with E-state index in [1.807, 2.05) is 16.9 Å². The molecule has 1 aromatic carbocycles. The summed E-state index contributed by atoms with van der Waals surface area (Å²) in [6, 6.07) is 6.35. The maximum Gasteiger partial charge on any atom is 0.109 e. The third-order valence-electron chi connectivity index (χ3n) is 6.14. The van der Waals surface area contributed by atoms with E-state index in [9.17, 15) is 10.2 Å². The molecule has 27 heavy (non-hydrogen) atoms. The van der Waals surface area contributed by atoms with Gasteiger partial charge in [-0.15, -0.1) is 0 Å². The van der Waals surface area contributed by atoms with Crippen LogP contribution in [0.1, 0.15) is 36.0 Å². The minimum atomic E-state index is -0.783. The van der Waals surface area contributed by atoms with Gasteiger partial charge in [-0.2, -0.15) is 5.10 Å². The minimum absolute atomic E-state index is 0.516. The van der Waals surface area contributed by atoms with Crippen molar-refractivity contribution in [3.63, 3.8) is 0 Å². The van der Waals surface area contributed by atoms with Crippen molar-refractivity contribution >= 4 is 0 Å². The Balaban J connectivity index is 1.51. The Bertz CT molecular complexity index is 782. The lowest BCUT2D eigenvalue weighted by Gasteiger charge is -2.48. The van der Waals surface area contributed by atoms with E-state index in [2.05, 4.69) is 36.0 Å². The van der Waals surface area contributed by atoms with Crippen LogP contribution in [0.3, 0.4) is 0 Å². The van der Waals surface area contributed by atoms with E-state index in [4.69, 9.17) is 4.74 Å². The first-order valence-electron chi connectivity index (χ1n) is 9.81. The zero-order valence-corrected chi connectivity index (χ0v) is 16.1. The summed E-state index contributed by atoms with van der Waals surface area (Å²) >= 11 is 0. The Morgan fingerprint density at radius 2 is 2.00 bits per heavy atom. The van der Waals surface area contributed by atoms with E-state index in [1.165, 1.54) is 16.7 Å². The number of aliphatic hydroxyl groups is 2. The molecule has 0 bridgehead atoms. The number of aliphatic hydroxyl groups excluding tert-OH is 2. The second-order valence-corrected chi connectivity index (χ2v) is 8.02. The lowest BCUT2D eigenvalue weighted by Crippen LogP contribution is -2.59. The highest BCUT2D eigenvalue weighted by molar-refractivity contribution is 5.48. The predicted octanol–water partition coefficient (Wildman–Crippen LogP) is 1.97. The van der Waals surface area contributed by atoms with Crippen LogP contribution in [-0.4, -0.2) is 62.4 Å². The fraction of sp³-hybridized carbons (Fsp3) is 0.571. The monoisotopic (exact) mass is 371 g/mol. The number of piperidine rings is 1. The molecule has 146 valence electrons. The number of ether oxygens (including phenoxy) is 1. The number of benzene rings is 1. The molecular weight excluding hydrogens is 342 g/mol. The molecule has 6 nitrogen and oxygen atoms in total. The minimum Gasteiger partial charge on any atom is -0.390 e. The highest BCUT2D eigenvalue weighted by atomic mass is 16.5. The van der Waals surface area contributed by atoms with Crippen LogP contribution in [0.2, 0.25) is 0 Å². The van der Waals surface area contributed by atoms with Crippen LogP contribution in [-0.2, 0) is 11.3 Å². The van der Waals surface area contributed by atoms with Crippen molar-refractivity contribution in [3.05, 3.63) is 47.3 Å². The Hall–Kier alpha value is -1.73. The molecule has 6 heteroatoms. The summed E-state index contributed by atoms with van der Waals surface area (Å²) < 4.78 is 7.89. The van der Waals surface area contributed by atoms with Gasteiger partial charge in [-0.25, -0.2) is 4.68 Å². The third kappa shape index (κ3) is 3.55. The molecule has 2 fully saturated rings. The molecule has 2 aliphatic heterocycles. The number of hydrogen-bond donors (Lipinski definition) is 2. The first-order chi connectivity index (χ1) is 13.0. The largest absolute Gasteiger partial charge is 0.390 e. The summed E-state index contributed by atoms with van der Waals surface area (Å²) in [4.78, 5) is 2.41. The van der Waals surface area contributed by atoms with Crippen molar-refractivity contribution < 1.29 is 14.9 Å². The third-order valence-corrected chi connectivity index (χ3v) is 6.14. The maximum atomic E-state index is 10.5. The molecule has 0 aliphatic carbocycles. The van der Waals surface area contributed by atoms with Crippen molar-refractivity contribution in [3.8, 4) is 5.69 Å².